The van der Waals surface area contributed by atoms with Crippen molar-refractivity contribution in [3.63, 3.8) is 0 Å². The summed E-state index contributed by atoms with van der Waals surface area (Å²) in [5, 5.41) is 7.56. The molecule has 16 heavy (non-hydrogen) atoms. The Morgan fingerprint density at radius 2 is 2.31 bits per heavy atom. The van der Waals surface area contributed by atoms with Crippen molar-refractivity contribution in [2.24, 2.45) is 5.73 Å². The van der Waals surface area contributed by atoms with E-state index in [1.807, 2.05) is 23.9 Å². The molecular weight excluding hydrogens is 220 g/mol. The molecule has 0 unspecified atom stereocenters. The molecule has 1 aliphatic heterocycles. The lowest BCUT2D eigenvalue weighted by Crippen LogP contribution is -2.29. The van der Waals surface area contributed by atoms with Crippen LogP contribution in [-0.4, -0.2) is 35.4 Å². The van der Waals surface area contributed by atoms with Crippen LogP contribution in [0.1, 0.15) is 12.0 Å². The Morgan fingerprint density at radius 3 is 3.12 bits per heavy atom. The fraction of sp³-hybridized carbons (Fsp3) is 0.455. The predicted octanol–water partition coefficient (Wildman–Crippen LogP) is 1.31. The molecule has 0 atom stereocenters. The lowest BCUT2D eigenvalue weighted by molar-refractivity contribution is 0.800. The molecule has 2 rings (SSSR count). The lowest BCUT2D eigenvalue weighted by Gasteiger charge is -2.23. The molecule has 0 aromatic carbocycles. The molecule has 2 heterocycles. The van der Waals surface area contributed by atoms with Gasteiger partial charge in [0.1, 0.15) is 11.7 Å². The summed E-state index contributed by atoms with van der Waals surface area (Å²) in [6, 6.07) is 3.69. The Bertz CT molecular complexity index is 372. The number of anilines is 1. The molecule has 0 amide bonds. The van der Waals surface area contributed by atoms with Crippen LogP contribution >= 0.6 is 11.8 Å². The number of hydrogen-bond acceptors (Lipinski definition) is 4. The van der Waals surface area contributed by atoms with E-state index in [-0.39, 0.29) is 5.84 Å². The van der Waals surface area contributed by atoms with E-state index in [0.29, 0.717) is 0 Å². The molecule has 1 aromatic heterocycles. The van der Waals surface area contributed by atoms with Crippen LogP contribution in [0.5, 0.6) is 0 Å². The predicted molar refractivity (Wildman–Crippen MR) is 69.4 cm³/mol. The molecule has 0 radical (unpaired) electrons. The second-order valence-electron chi connectivity index (χ2n) is 3.74. The zero-order valence-corrected chi connectivity index (χ0v) is 9.96. The Morgan fingerprint density at radius 1 is 1.44 bits per heavy atom. The molecular formula is C11H16N4S. The molecule has 0 saturated carbocycles. The van der Waals surface area contributed by atoms with E-state index in [1.165, 1.54) is 12.2 Å². The number of aromatic nitrogens is 1. The second-order valence-corrected chi connectivity index (χ2v) is 4.97. The monoisotopic (exact) mass is 236 g/mol. The van der Waals surface area contributed by atoms with Gasteiger partial charge in [0.15, 0.2) is 0 Å². The molecule has 4 nitrogen and oxygen atoms in total. The first-order valence-corrected chi connectivity index (χ1v) is 6.56. The largest absolute Gasteiger partial charge is 0.384 e. The molecule has 1 fully saturated rings. The van der Waals surface area contributed by atoms with Crippen molar-refractivity contribution >= 4 is 23.4 Å². The molecule has 86 valence electrons. The van der Waals surface area contributed by atoms with Crippen LogP contribution < -0.4 is 10.6 Å². The number of thioether (sulfide) groups is 1. The van der Waals surface area contributed by atoms with Gasteiger partial charge in [-0.15, -0.1) is 0 Å². The van der Waals surface area contributed by atoms with E-state index < -0.39 is 0 Å². The average molecular weight is 236 g/mol. The van der Waals surface area contributed by atoms with Gasteiger partial charge >= 0.3 is 0 Å². The van der Waals surface area contributed by atoms with Gasteiger partial charge < -0.3 is 10.6 Å². The fourth-order valence-corrected chi connectivity index (χ4v) is 2.70. The highest BCUT2D eigenvalue weighted by Crippen LogP contribution is 2.20. The van der Waals surface area contributed by atoms with E-state index in [0.717, 1.165) is 30.2 Å². The van der Waals surface area contributed by atoms with Crippen LogP contribution in [0.3, 0.4) is 0 Å². The quantitative estimate of drug-likeness (QED) is 0.600. The van der Waals surface area contributed by atoms with Gasteiger partial charge in [0, 0.05) is 25.0 Å². The molecule has 1 aromatic rings. The number of nitrogens with one attached hydrogen (secondary N) is 1. The van der Waals surface area contributed by atoms with Crippen molar-refractivity contribution in [2.75, 3.05) is 29.5 Å². The lowest BCUT2D eigenvalue weighted by atomic mass is 10.2. The summed E-state index contributed by atoms with van der Waals surface area (Å²) in [5.41, 5.74) is 6.32. The summed E-state index contributed by atoms with van der Waals surface area (Å²) in [6.45, 7) is 1.99. The van der Waals surface area contributed by atoms with Gasteiger partial charge in [0.25, 0.3) is 0 Å². The number of nitrogen functional groups attached to an aromatic ring is 1. The SMILES string of the molecule is N=C(N)c1cccnc1N1CCCSCC1. The average Bonchev–Trinajstić information content (AvgIpc) is 2.57. The van der Waals surface area contributed by atoms with E-state index in [9.17, 15) is 0 Å². The van der Waals surface area contributed by atoms with Crippen molar-refractivity contribution in [1.29, 1.82) is 5.41 Å². The third kappa shape index (κ3) is 2.47. The first kappa shape index (κ1) is 11.3. The van der Waals surface area contributed by atoms with Crippen LogP contribution in [0, 0.1) is 5.41 Å². The fourth-order valence-electron chi connectivity index (χ4n) is 1.82. The summed E-state index contributed by atoms with van der Waals surface area (Å²) >= 11 is 1.97. The first-order chi connectivity index (χ1) is 7.79. The van der Waals surface area contributed by atoms with Gasteiger partial charge in [-0.1, -0.05) is 0 Å². The molecule has 5 heteroatoms. The minimum Gasteiger partial charge on any atom is -0.384 e. The zero-order chi connectivity index (χ0) is 11.4. The highest BCUT2D eigenvalue weighted by molar-refractivity contribution is 7.99. The van der Waals surface area contributed by atoms with Crippen molar-refractivity contribution in [1.82, 2.24) is 4.98 Å². The van der Waals surface area contributed by atoms with Crippen molar-refractivity contribution in [3.05, 3.63) is 23.9 Å². The summed E-state index contributed by atoms with van der Waals surface area (Å²) in [5.74, 6) is 3.28. The third-order valence-corrected chi connectivity index (χ3v) is 3.65. The summed E-state index contributed by atoms with van der Waals surface area (Å²) in [6.07, 6.45) is 2.93. The highest BCUT2D eigenvalue weighted by atomic mass is 32.2. The standard InChI is InChI=1S/C11H16N4S/c12-10(13)9-3-1-4-14-11(9)15-5-2-7-16-8-6-15/h1,3-4H,2,5-8H2,(H3,12,13). The topological polar surface area (TPSA) is 66.0 Å². The smallest absolute Gasteiger partial charge is 0.139 e. The van der Waals surface area contributed by atoms with Crippen molar-refractivity contribution in [2.45, 2.75) is 6.42 Å². The van der Waals surface area contributed by atoms with Gasteiger partial charge in [-0.3, -0.25) is 5.41 Å². The minimum atomic E-state index is 0.0972. The Labute approximate surface area is 99.7 Å². The minimum absolute atomic E-state index is 0.0972. The summed E-state index contributed by atoms with van der Waals surface area (Å²) in [4.78, 5) is 6.59. The second kappa shape index (κ2) is 5.21. The van der Waals surface area contributed by atoms with E-state index in [4.69, 9.17) is 11.1 Å². The summed E-state index contributed by atoms with van der Waals surface area (Å²) in [7, 11) is 0. The molecule has 1 saturated heterocycles. The number of pyridine rings is 1. The van der Waals surface area contributed by atoms with Crippen molar-refractivity contribution in [3.8, 4) is 0 Å². The molecule has 3 N–H and O–H groups in total. The normalized spacial score (nSPS) is 16.9. The maximum Gasteiger partial charge on any atom is 0.139 e. The highest BCUT2D eigenvalue weighted by Gasteiger charge is 2.15. The summed E-state index contributed by atoms with van der Waals surface area (Å²) < 4.78 is 0. The van der Waals surface area contributed by atoms with Crippen LogP contribution in [0.4, 0.5) is 5.82 Å². The van der Waals surface area contributed by atoms with Crippen LogP contribution in [0.15, 0.2) is 18.3 Å². The number of nitrogens with zero attached hydrogens (tertiary/aromatic N) is 2. The van der Waals surface area contributed by atoms with Gasteiger partial charge in [-0.2, -0.15) is 11.8 Å². The van der Waals surface area contributed by atoms with E-state index >= 15 is 0 Å². The molecule has 0 aliphatic carbocycles. The number of hydrogen-bond donors (Lipinski definition) is 2. The maximum absolute atomic E-state index is 7.56. The van der Waals surface area contributed by atoms with Crippen LogP contribution in [-0.2, 0) is 0 Å². The maximum atomic E-state index is 7.56. The number of rotatable bonds is 2. The zero-order valence-electron chi connectivity index (χ0n) is 9.15. The molecule has 0 spiro atoms. The van der Waals surface area contributed by atoms with Gasteiger partial charge in [0.2, 0.25) is 0 Å². The Kier molecular flexibility index (Phi) is 3.66. The van der Waals surface area contributed by atoms with Gasteiger partial charge in [-0.25, -0.2) is 4.98 Å². The number of nitrogens with two attached hydrogens (primary N) is 1. The van der Waals surface area contributed by atoms with Crippen LogP contribution in [0.25, 0.3) is 0 Å². The van der Waals surface area contributed by atoms with Gasteiger partial charge in [-0.05, 0) is 24.3 Å². The Balaban J connectivity index is 2.27. The molecule has 1 aliphatic rings. The van der Waals surface area contributed by atoms with E-state index in [2.05, 4.69) is 9.88 Å². The first-order valence-electron chi connectivity index (χ1n) is 5.41. The van der Waals surface area contributed by atoms with Crippen molar-refractivity contribution < 1.29 is 0 Å². The van der Waals surface area contributed by atoms with Crippen LogP contribution in [0.2, 0.25) is 0 Å². The Hall–Kier alpha value is -1.23. The number of amidine groups is 1. The molecule has 0 bridgehead atoms. The third-order valence-electron chi connectivity index (χ3n) is 2.60. The van der Waals surface area contributed by atoms with Gasteiger partial charge in [0.05, 0.1) is 5.56 Å². The van der Waals surface area contributed by atoms with E-state index in [1.54, 1.807) is 6.20 Å².